The van der Waals surface area contributed by atoms with Gasteiger partial charge in [0.2, 0.25) is 12.7 Å². The molecule has 0 unspecified atom stereocenters. The minimum absolute atomic E-state index is 0.0851. The van der Waals surface area contributed by atoms with E-state index in [1.807, 2.05) is 16.8 Å². The van der Waals surface area contributed by atoms with E-state index in [2.05, 4.69) is 61.7 Å². The number of benzene rings is 2. The molecule has 0 saturated carbocycles. The maximum atomic E-state index is 5.54. The summed E-state index contributed by atoms with van der Waals surface area (Å²) in [5.41, 5.74) is 2.36. The molecule has 25 heavy (non-hydrogen) atoms. The first kappa shape index (κ1) is 14.8. The fourth-order valence-corrected chi connectivity index (χ4v) is 3.70. The molecule has 6 nitrogen and oxygen atoms in total. The number of nitrogens with zero attached hydrogens (tertiary/aromatic N) is 3. The third-order valence-electron chi connectivity index (χ3n) is 4.68. The lowest BCUT2D eigenvalue weighted by Crippen LogP contribution is -2.28. The maximum Gasteiger partial charge on any atom is 0.231 e. The van der Waals surface area contributed by atoms with Gasteiger partial charge in [0.1, 0.15) is 6.33 Å². The Morgan fingerprint density at radius 3 is 2.72 bits per heavy atom. The molecule has 0 fully saturated rings. The standard InChI is InChI=1S/C18H15BrN4O2/c19-13-4-1-11(2-5-13)14-8-15(23-18(22-14)20-9-21-23)12-3-6-16-17(7-12)25-10-24-16/h1-7,9,14-15H,8,10H2,(H,20,21,22)/t14-,15+/m0/s1. The molecule has 0 radical (unpaired) electrons. The molecular weight excluding hydrogens is 384 g/mol. The molecule has 2 aliphatic rings. The number of rotatable bonds is 2. The average molecular weight is 399 g/mol. The third kappa shape index (κ3) is 2.55. The second-order valence-corrected chi connectivity index (χ2v) is 7.06. The van der Waals surface area contributed by atoms with Crippen LogP contribution in [-0.2, 0) is 0 Å². The molecule has 5 rings (SSSR count). The van der Waals surface area contributed by atoms with E-state index >= 15 is 0 Å². The van der Waals surface area contributed by atoms with Crippen molar-refractivity contribution >= 4 is 21.9 Å². The number of anilines is 1. The van der Waals surface area contributed by atoms with Gasteiger partial charge in [-0.25, -0.2) is 4.68 Å². The first-order chi connectivity index (χ1) is 12.3. The highest BCUT2D eigenvalue weighted by Crippen LogP contribution is 2.41. The Kier molecular flexibility index (Phi) is 3.41. The minimum atomic E-state index is 0.0851. The molecule has 3 heterocycles. The Balaban J connectivity index is 1.53. The second-order valence-electron chi connectivity index (χ2n) is 6.14. The van der Waals surface area contributed by atoms with Gasteiger partial charge in [-0.1, -0.05) is 34.1 Å². The van der Waals surface area contributed by atoms with Crippen LogP contribution >= 0.6 is 15.9 Å². The van der Waals surface area contributed by atoms with Crippen LogP contribution in [0.3, 0.4) is 0 Å². The van der Waals surface area contributed by atoms with Crippen LogP contribution in [0, 0.1) is 0 Å². The number of aromatic nitrogens is 3. The van der Waals surface area contributed by atoms with Gasteiger partial charge in [0.25, 0.3) is 0 Å². The monoisotopic (exact) mass is 398 g/mol. The minimum Gasteiger partial charge on any atom is -0.454 e. The van der Waals surface area contributed by atoms with Crippen LogP contribution < -0.4 is 14.8 Å². The second kappa shape index (κ2) is 5.77. The fourth-order valence-electron chi connectivity index (χ4n) is 3.43. The quantitative estimate of drug-likeness (QED) is 0.708. The Labute approximate surface area is 152 Å². The van der Waals surface area contributed by atoms with E-state index in [4.69, 9.17) is 9.47 Å². The molecule has 0 aliphatic carbocycles. The topological polar surface area (TPSA) is 61.2 Å². The summed E-state index contributed by atoms with van der Waals surface area (Å²) in [4.78, 5) is 4.37. The summed E-state index contributed by atoms with van der Waals surface area (Å²) in [5, 5.41) is 7.90. The number of nitrogens with one attached hydrogen (secondary N) is 1. The maximum absolute atomic E-state index is 5.54. The molecule has 7 heteroatoms. The van der Waals surface area contributed by atoms with Gasteiger partial charge in [-0.3, -0.25) is 0 Å². The van der Waals surface area contributed by atoms with Gasteiger partial charge in [-0.05, 0) is 41.8 Å². The zero-order chi connectivity index (χ0) is 16.8. The number of ether oxygens (including phenoxy) is 2. The first-order valence-corrected chi connectivity index (χ1v) is 8.88. The molecule has 1 N–H and O–H groups in total. The largest absolute Gasteiger partial charge is 0.454 e. The highest BCUT2D eigenvalue weighted by molar-refractivity contribution is 9.10. The van der Waals surface area contributed by atoms with E-state index in [1.54, 1.807) is 6.33 Å². The van der Waals surface area contributed by atoms with Crippen LogP contribution in [0.25, 0.3) is 0 Å². The highest BCUT2D eigenvalue weighted by atomic mass is 79.9. The molecular formula is C18H15BrN4O2. The number of fused-ring (bicyclic) bond motifs is 2. The van der Waals surface area contributed by atoms with E-state index in [-0.39, 0.29) is 18.9 Å². The number of hydrogen-bond acceptors (Lipinski definition) is 5. The summed E-state index contributed by atoms with van der Waals surface area (Å²) < 4.78 is 14.0. The van der Waals surface area contributed by atoms with E-state index in [0.717, 1.165) is 33.9 Å². The van der Waals surface area contributed by atoms with Crippen molar-refractivity contribution < 1.29 is 9.47 Å². The van der Waals surface area contributed by atoms with Gasteiger partial charge in [0.15, 0.2) is 11.5 Å². The van der Waals surface area contributed by atoms with Crippen LogP contribution in [-0.4, -0.2) is 21.6 Å². The van der Waals surface area contributed by atoms with E-state index < -0.39 is 0 Å². The van der Waals surface area contributed by atoms with Gasteiger partial charge in [-0.15, -0.1) is 0 Å². The predicted octanol–water partition coefficient (Wildman–Crippen LogP) is 3.92. The molecule has 0 spiro atoms. The van der Waals surface area contributed by atoms with Gasteiger partial charge < -0.3 is 14.8 Å². The number of hydrogen-bond donors (Lipinski definition) is 1. The molecule has 126 valence electrons. The van der Waals surface area contributed by atoms with Gasteiger partial charge in [0, 0.05) is 4.47 Å². The Morgan fingerprint density at radius 1 is 1.04 bits per heavy atom. The lowest BCUT2D eigenvalue weighted by atomic mass is 9.93. The highest BCUT2D eigenvalue weighted by Gasteiger charge is 2.30. The summed E-state index contributed by atoms with van der Waals surface area (Å²) in [7, 11) is 0. The molecule has 0 amide bonds. The van der Waals surface area contributed by atoms with Gasteiger partial charge >= 0.3 is 0 Å². The fraction of sp³-hybridized carbons (Fsp3) is 0.222. The van der Waals surface area contributed by atoms with Crippen molar-refractivity contribution in [2.45, 2.75) is 18.5 Å². The molecule has 3 aromatic rings. The van der Waals surface area contributed by atoms with E-state index in [1.165, 1.54) is 5.56 Å². The Hall–Kier alpha value is -2.54. The zero-order valence-corrected chi connectivity index (χ0v) is 14.8. The van der Waals surface area contributed by atoms with Crippen molar-refractivity contribution in [2.24, 2.45) is 0 Å². The molecule has 0 bridgehead atoms. The van der Waals surface area contributed by atoms with Crippen molar-refractivity contribution in [3.63, 3.8) is 0 Å². The molecule has 2 aromatic carbocycles. The van der Waals surface area contributed by atoms with E-state index in [0.29, 0.717) is 0 Å². The van der Waals surface area contributed by atoms with Crippen molar-refractivity contribution in [3.8, 4) is 11.5 Å². The molecule has 2 aliphatic heterocycles. The third-order valence-corrected chi connectivity index (χ3v) is 5.21. The molecule has 2 atom stereocenters. The van der Waals surface area contributed by atoms with Crippen LogP contribution in [0.5, 0.6) is 11.5 Å². The Morgan fingerprint density at radius 2 is 1.84 bits per heavy atom. The number of halogens is 1. The van der Waals surface area contributed by atoms with Crippen molar-refractivity contribution in [2.75, 3.05) is 12.1 Å². The average Bonchev–Trinajstić information content (AvgIpc) is 3.29. The van der Waals surface area contributed by atoms with Crippen LogP contribution in [0.4, 0.5) is 5.95 Å². The lowest BCUT2D eigenvalue weighted by Gasteiger charge is -2.32. The van der Waals surface area contributed by atoms with Crippen molar-refractivity contribution in [1.82, 2.24) is 14.8 Å². The smallest absolute Gasteiger partial charge is 0.231 e. The molecule has 1 aromatic heterocycles. The van der Waals surface area contributed by atoms with E-state index in [9.17, 15) is 0 Å². The van der Waals surface area contributed by atoms with Crippen LogP contribution in [0.15, 0.2) is 53.3 Å². The lowest BCUT2D eigenvalue weighted by molar-refractivity contribution is 0.174. The summed E-state index contributed by atoms with van der Waals surface area (Å²) in [6.45, 7) is 0.279. The van der Waals surface area contributed by atoms with Crippen LogP contribution in [0.1, 0.15) is 29.6 Å². The summed E-state index contributed by atoms with van der Waals surface area (Å²) in [6, 6.07) is 14.7. The summed E-state index contributed by atoms with van der Waals surface area (Å²) in [5.74, 6) is 2.36. The predicted molar refractivity (Wildman–Crippen MR) is 95.8 cm³/mol. The van der Waals surface area contributed by atoms with Crippen molar-refractivity contribution in [1.29, 1.82) is 0 Å². The van der Waals surface area contributed by atoms with Gasteiger partial charge in [-0.2, -0.15) is 10.1 Å². The van der Waals surface area contributed by atoms with Crippen molar-refractivity contribution in [3.05, 3.63) is 64.4 Å². The molecule has 0 saturated heterocycles. The summed E-state index contributed by atoms with van der Waals surface area (Å²) >= 11 is 3.49. The Bertz CT molecular complexity index is 925. The van der Waals surface area contributed by atoms with Gasteiger partial charge in [0.05, 0.1) is 12.1 Å². The zero-order valence-electron chi connectivity index (χ0n) is 13.2. The first-order valence-electron chi connectivity index (χ1n) is 8.09. The SMILES string of the molecule is Brc1ccc([C@@H]2C[C@H](c3ccc4c(c3)OCO4)n3ncnc3N2)cc1. The van der Waals surface area contributed by atoms with Crippen LogP contribution in [0.2, 0.25) is 0 Å². The normalized spacial score (nSPS) is 20.8. The summed E-state index contributed by atoms with van der Waals surface area (Å²) in [6.07, 6.45) is 2.46.